The highest BCUT2D eigenvalue weighted by Gasteiger charge is 2.16. The average Bonchev–Trinajstić information content (AvgIpc) is 3.29. The lowest BCUT2D eigenvalue weighted by molar-refractivity contribution is 0.0949. The zero-order valence-corrected chi connectivity index (χ0v) is 13.0. The molecular weight excluding hydrogens is 327 g/mol. The predicted molar refractivity (Wildman–Crippen MR) is 85.5 cm³/mol. The summed E-state index contributed by atoms with van der Waals surface area (Å²) in [6, 6.07) is 10.8. The molecule has 0 spiro atoms. The Morgan fingerprint density at radius 3 is 2.80 bits per heavy atom. The van der Waals surface area contributed by atoms with E-state index in [2.05, 4.69) is 20.5 Å². The summed E-state index contributed by atoms with van der Waals surface area (Å²) in [6.45, 7) is 0.339. The maximum Gasteiger partial charge on any atom is 0.251 e. The third-order valence-corrected chi connectivity index (χ3v) is 3.69. The summed E-state index contributed by atoms with van der Waals surface area (Å²) in [6.07, 6.45) is 0. The monoisotopic (exact) mass is 340 g/mol. The fourth-order valence-electron chi connectivity index (χ4n) is 2.41. The average molecular weight is 340 g/mol. The number of carbonyl (C=O) groups is 1. The summed E-state index contributed by atoms with van der Waals surface area (Å²) in [5.41, 5.74) is 1.15. The summed E-state index contributed by atoms with van der Waals surface area (Å²) in [5, 5.41) is 9.57. The zero-order chi connectivity index (χ0) is 17.2. The van der Waals surface area contributed by atoms with Crippen LogP contribution in [-0.4, -0.2) is 27.9 Å². The van der Waals surface area contributed by atoms with Crippen LogP contribution in [0, 0.1) is 5.82 Å². The van der Waals surface area contributed by atoms with Crippen LogP contribution in [0.2, 0.25) is 0 Å². The molecule has 2 heterocycles. The number of fused-ring (bicyclic) bond motifs is 1. The van der Waals surface area contributed by atoms with Gasteiger partial charge in [0.15, 0.2) is 17.3 Å². The van der Waals surface area contributed by atoms with Gasteiger partial charge in [-0.05, 0) is 42.5 Å². The molecular formula is C17H13FN4O3. The molecule has 1 aliphatic rings. The smallest absolute Gasteiger partial charge is 0.251 e. The number of nitrogens with one attached hydrogen (secondary N) is 2. The third kappa shape index (κ3) is 3.14. The van der Waals surface area contributed by atoms with Crippen LogP contribution >= 0.6 is 0 Å². The molecule has 2 aromatic carbocycles. The molecule has 0 saturated carbocycles. The first-order valence-electron chi connectivity index (χ1n) is 7.54. The minimum atomic E-state index is -0.324. The number of benzene rings is 2. The maximum absolute atomic E-state index is 12.9. The normalized spacial score (nSPS) is 12.2. The van der Waals surface area contributed by atoms with Crippen molar-refractivity contribution in [2.75, 3.05) is 6.79 Å². The van der Waals surface area contributed by atoms with Gasteiger partial charge in [-0.3, -0.25) is 9.89 Å². The second kappa shape index (κ2) is 6.23. The summed E-state index contributed by atoms with van der Waals surface area (Å²) in [4.78, 5) is 16.5. The molecule has 1 aliphatic heterocycles. The molecule has 4 rings (SSSR count). The maximum atomic E-state index is 12.9. The number of aromatic nitrogens is 3. The van der Waals surface area contributed by atoms with Crippen molar-refractivity contribution in [1.29, 1.82) is 0 Å². The summed E-state index contributed by atoms with van der Waals surface area (Å²) < 4.78 is 23.4. The SMILES string of the molecule is O=C(NCc1nc(-c2ccc(F)cc2)n[nH]1)c1ccc2c(c1)OCO2. The number of H-pyrrole nitrogens is 1. The Hall–Kier alpha value is -3.42. The van der Waals surface area contributed by atoms with Gasteiger partial charge in [-0.25, -0.2) is 9.37 Å². The lowest BCUT2D eigenvalue weighted by atomic mass is 10.2. The quantitative estimate of drug-likeness (QED) is 0.760. The van der Waals surface area contributed by atoms with E-state index >= 15 is 0 Å². The minimum absolute atomic E-state index is 0.157. The number of amides is 1. The van der Waals surface area contributed by atoms with Crippen molar-refractivity contribution < 1.29 is 18.7 Å². The van der Waals surface area contributed by atoms with Crippen molar-refractivity contribution in [2.24, 2.45) is 0 Å². The van der Waals surface area contributed by atoms with E-state index in [0.717, 1.165) is 0 Å². The lowest BCUT2D eigenvalue weighted by Crippen LogP contribution is -2.23. The molecule has 0 radical (unpaired) electrons. The Kier molecular flexibility index (Phi) is 3.77. The second-order valence-electron chi connectivity index (χ2n) is 5.36. The van der Waals surface area contributed by atoms with E-state index in [1.54, 1.807) is 30.3 Å². The number of nitrogens with zero attached hydrogens (tertiary/aromatic N) is 2. The van der Waals surface area contributed by atoms with Gasteiger partial charge in [0.1, 0.15) is 11.6 Å². The van der Waals surface area contributed by atoms with Crippen LogP contribution < -0.4 is 14.8 Å². The molecule has 8 heteroatoms. The fraction of sp³-hybridized carbons (Fsp3) is 0.118. The van der Waals surface area contributed by atoms with Gasteiger partial charge < -0.3 is 14.8 Å². The first kappa shape index (κ1) is 15.1. The van der Waals surface area contributed by atoms with Gasteiger partial charge in [-0.2, -0.15) is 5.10 Å². The largest absolute Gasteiger partial charge is 0.454 e. The van der Waals surface area contributed by atoms with Gasteiger partial charge in [0, 0.05) is 11.1 Å². The van der Waals surface area contributed by atoms with E-state index in [-0.39, 0.29) is 25.1 Å². The van der Waals surface area contributed by atoms with E-state index in [1.807, 2.05) is 0 Å². The first-order chi connectivity index (χ1) is 12.2. The van der Waals surface area contributed by atoms with Gasteiger partial charge >= 0.3 is 0 Å². The summed E-state index contributed by atoms with van der Waals surface area (Å²) in [7, 11) is 0. The molecule has 1 aromatic heterocycles. The molecule has 2 N–H and O–H groups in total. The predicted octanol–water partition coefficient (Wildman–Crippen LogP) is 2.27. The number of hydrogen-bond acceptors (Lipinski definition) is 5. The third-order valence-electron chi connectivity index (χ3n) is 3.69. The molecule has 0 unspecified atom stereocenters. The highest BCUT2D eigenvalue weighted by molar-refractivity contribution is 5.94. The molecule has 25 heavy (non-hydrogen) atoms. The van der Waals surface area contributed by atoms with Crippen LogP contribution in [0.4, 0.5) is 4.39 Å². The lowest BCUT2D eigenvalue weighted by Gasteiger charge is -2.04. The van der Waals surface area contributed by atoms with Gasteiger partial charge in [-0.15, -0.1) is 0 Å². The van der Waals surface area contributed by atoms with E-state index in [0.29, 0.717) is 34.3 Å². The van der Waals surface area contributed by atoms with Gasteiger partial charge in [0.05, 0.1) is 6.54 Å². The Labute approximate surface area is 141 Å². The molecule has 0 fully saturated rings. The number of halogens is 1. The summed E-state index contributed by atoms with van der Waals surface area (Å²) >= 11 is 0. The van der Waals surface area contributed by atoms with E-state index in [9.17, 15) is 9.18 Å². The molecule has 0 bridgehead atoms. The topological polar surface area (TPSA) is 89.1 Å². The minimum Gasteiger partial charge on any atom is -0.454 e. The Morgan fingerprint density at radius 2 is 1.96 bits per heavy atom. The Balaban J connectivity index is 1.41. The van der Waals surface area contributed by atoms with Crippen LogP contribution in [0.5, 0.6) is 11.5 Å². The van der Waals surface area contributed by atoms with Crippen molar-refractivity contribution in [3.8, 4) is 22.9 Å². The zero-order valence-electron chi connectivity index (χ0n) is 13.0. The highest BCUT2D eigenvalue weighted by Crippen LogP contribution is 2.32. The molecule has 0 atom stereocenters. The molecule has 0 saturated heterocycles. The number of hydrogen-bond donors (Lipinski definition) is 2. The van der Waals surface area contributed by atoms with E-state index in [1.165, 1.54) is 12.1 Å². The Bertz CT molecular complexity index is 924. The van der Waals surface area contributed by atoms with E-state index < -0.39 is 0 Å². The van der Waals surface area contributed by atoms with Crippen molar-refractivity contribution in [3.63, 3.8) is 0 Å². The number of rotatable bonds is 4. The fourth-order valence-corrected chi connectivity index (χ4v) is 2.41. The molecule has 7 nitrogen and oxygen atoms in total. The van der Waals surface area contributed by atoms with Crippen LogP contribution in [0.3, 0.4) is 0 Å². The van der Waals surface area contributed by atoms with Crippen molar-refractivity contribution >= 4 is 5.91 Å². The molecule has 126 valence electrons. The number of carbonyl (C=O) groups excluding carboxylic acids is 1. The standard InChI is InChI=1S/C17H13FN4O3/c18-12-4-1-10(2-5-12)16-20-15(21-22-16)8-19-17(23)11-3-6-13-14(7-11)25-9-24-13/h1-7H,8-9H2,(H,19,23)(H,20,21,22). The first-order valence-corrected chi connectivity index (χ1v) is 7.54. The van der Waals surface area contributed by atoms with Crippen LogP contribution in [-0.2, 0) is 6.54 Å². The van der Waals surface area contributed by atoms with Gasteiger partial charge in [-0.1, -0.05) is 0 Å². The van der Waals surface area contributed by atoms with Crippen molar-refractivity contribution in [3.05, 3.63) is 59.7 Å². The van der Waals surface area contributed by atoms with Crippen LogP contribution in [0.25, 0.3) is 11.4 Å². The van der Waals surface area contributed by atoms with Gasteiger partial charge in [0.25, 0.3) is 5.91 Å². The number of aromatic amines is 1. The van der Waals surface area contributed by atoms with Crippen molar-refractivity contribution in [2.45, 2.75) is 6.54 Å². The summed E-state index contributed by atoms with van der Waals surface area (Å²) in [5.74, 6) is 1.51. The van der Waals surface area contributed by atoms with E-state index in [4.69, 9.17) is 9.47 Å². The number of ether oxygens (including phenoxy) is 2. The molecule has 0 aliphatic carbocycles. The second-order valence-corrected chi connectivity index (χ2v) is 5.36. The highest BCUT2D eigenvalue weighted by atomic mass is 19.1. The Morgan fingerprint density at radius 1 is 1.16 bits per heavy atom. The molecule has 3 aromatic rings. The van der Waals surface area contributed by atoms with Crippen LogP contribution in [0.15, 0.2) is 42.5 Å². The molecule has 1 amide bonds. The van der Waals surface area contributed by atoms with Crippen molar-refractivity contribution in [1.82, 2.24) is 20.5 Å². The van der Waals surface area contributed by atoms with Crippen LogP contribution in [0.1, 0.15) is 16.2 Å². The van der Waals surface area contributed by atoms with Gasteiger partial charge in [0.2, 0.25) is 6.79 Å².